The molecule has 0 spiro atoms. The van der Waals surface area contributed by atoms with Crippen molar-refractivity contribution >= 4 is 5.91 Å². The molecule has 0 aliphatic carbocycles. The minimum Gasteiger partial charge on any atom is -0.326 e. The fraction of sp³-hybridized carbons (Fsp3) is 0.923. The van der Waals surface area contributed by atoms with Crippen LogP contribution >= 0.6 is 0 Å². The Kier molecular flexibility index (Phi) is 5.64. The zero-order valence-corrected chi connectivity index (χ0v) is 11.8. The van der Waals surface area contributed by atoms with Crippen LogP contribution in [0, 0.1) is 5.92 Å². The topological polar surface area (TPSA) is 32.3 Å². The Hall–Kier alpha value is -0.780. The molecule has 1 rings (SSSR count). The van der Waals surface area contributed by atoms with Crippen molar-refractivity contribution in [3.63, 3.8) is 0 Å². The number of carbonyl (C=O) groups excluding carboxylic acids is 1. The second-order valence-electron chi connectivity index (χ2n) is 5.44. The van der Waals surface area contributed by atoms with Crippen LogP contribution in [-0.4, -0.2) is 35.7 Å². The smallest absolute Gasteiger partial charge is 0.326 e. The van der Waals surface area contributed by atoms with Gasteiger partial charge in [-0.2, -0.15) is 13.2 Å². The summed E-state index contributed by atoms with van der Waals surface area (Å²) in [6.45, 7) is 6.07. The number of amides is 1. The van der Waals surface area contributed by atoms with Crippen LogP contribution in [0.25, 0.3) is 0 Å². The molecule has 1 amide bonds. The van der Waals surface area contributed by atoms with Gasteiger partial charge in [-0.05, 0) is 18.8 Å². The summed E-state index contributed by atoms with van der Waals surface area (Å²) in [5.74, 6) is 0.0927. The molecule has 2 atom stereocenters. The SMILES string of the molecule is CCCC1NC(C(C)C)C(=O)N1CCCC(F)(F)F. The van der Waals surface area contributed by atoms with Gasteiger partial charge in [0, 0.05) is 13.0 Å². The van der Waals surface area contributed by atoms with Gasteiger partial charge in [0.25, 0.3) is 0 Å². The lowest BCUT2D eigenvalue weighted by Crippen LogP contribution is -2.38. The number of nitrogens with zero attached hydrogens (tertiary/aromatic N) is 1. The average molecular weight is 280 g/mol. The number of hydrogen-bond acceptors (Lipinski definition) is 2. The number of nitrogens with one attached hydrogen (secondary N) is 1. The normalized spacial score (nSPS) is 24.6. The van der Waals surface area contributed by atoms with Crippen molar-refractivity contribution in [3.05, 3.63) is 0 Å². The van der Waals surface area contributed by atoms with Crippen LogP contribution in [0.15, 0.2) is 0 Å². The first-order valence-electron chi connectivity index (χ1n) is 6.89. The maximum absolute atomic E-state index is 12.2. The van der Waals surface area contributed by atoms with Gasteiger partial charge in [0.2, 0.25) is 5.91 Å². The van der Waals surface area contributed by atoms with E-state index < -0.39 is 12.6 Å². The van der Waals surface area contributed by atoms with Gasteiger partial charge in [-0.25, -0.2) is 0 Å². The van der Waals surface area contributed by atoms with Gasteiger partial charge in [0.1, 0.15) is 0 Å². The molecule has 0 bridgehead atoms. The molecule has 0 saturated carbocycles. The van der Waals surface area contributed by atoms with Crippen molar-refractivity contribution in [2.45, 2.75) is 64.8 Å². The molecule has 1 heterocycles. The van der Waals surface area contributed by atoms with Crippen LogP contribution in [0.1, 0.15) is 46.5 Å². The second kappa shape index (κ2) is 6.59. The van der Waals surface area contributed by atoms with Crippen molar-refractivity contribution in [1.82, 2.24) is 10.2 Å². The molecule has 0 aromatic rings. The monoisotopic (exact) mass is 280 g/mol. The summed E-state index contributed by atoms with van der Waals surface area (Å²) < 4.78 is 36.5. The van der Waals surface area contributed by atoms with Crippen LogP contribution in [-0.2, 0) is 4.79 Å². The van der Waals surface area contributed by atoms with Crippen molar-refractivity contribution in [1.29, 1.82) is 0 Å². The number of rotatable bonds is 6. The van der Waals surface area contributed by atoms with Gasteiger partial charge < -0.3 is 4.90 Å². The van der Waals surface area contributed by atoms with Gasteiger partial charge in [0.15, 0.2) is 0 Å². The lowest BCUT2D eigenvalue weighted by atomic mass is 10.1. The largest absolute Gasteiger partial charge is 0.389 e. The van der Waals surface area contributed by atoms with E-state index in [2.05, 4.69) is 5.32 Å². The molecule has 1 aliphatic rings. The molecule has 1 aliphatic heterocycles. The Morgan fingerprint density at radius 3 is 2.47 bits per heavy atom. The first-order valence-corrected chi connectivity index (χ1v) is 6.89. The van der Waals surface area contributed by atoms with E-state index in [1.807, 2.05) is 20.8 Å². The minimum atomic E-state index is -4.14. The third kappa shape index (κ3) is 4.67. The fourth-order valence-electron chi connectivity index (χ4n) is 2.41. The molecule has 19 heavy (non-hydrogen) atoms. The van der Waals surface area contributed by atoms with E-state index in [-0.39, 0.29) is 37.0 Å². The Morgan fingerprint density at radius 2 is 2.00 bits per heavy atom. The first-order chi connectivity index (χ1) is 8.76. The Morgan fingerprint density at radius 1 is 1.37 bits per heavy atom. The summed E-state index contributed by atoms with van der Waals surface area (Å²) in [6, 6.07) is -0.262. The highest BCUT2D eigenvalue weighted by Crippen LogP contribution is 2.24. The van der Waals surface area contributed by atoms with E-state index in [9.17, 15) is 18.0 Å². The van der Waals surface area contributed by atoms with E-state index in [4.69, 9.17) is 0 Å². The zero-order valence-electron chi connectivity index (χ0n) is 11.8. The minimum absolute atomic E-state index is 0.0258. The Bertz CT molecular complexity index is 305. The van der Waals surface area contributed by atoms with Crippen LogP contribution in [0.2, 0.25) is 0 Å². The molecule has 1 fully saturated rings. The quantitative estimate of drug-likeness (QED) is 0.811. The summed E-state index contributed by atoms with van der Waals surface area (Å²) in [4.78, 5) is 13.8. The third-order valence-corrected chi connectivity index (χ3v) is 3.39. The summed E-state index contributed by atoms with van der Waals surface area (Å²) in [5.41, 5.74) is 0. The van der Waals surface area contributed by atoms with E-state index >= 15 is 0 Å². The number of hydrogen-bond donors (Lipinski definition) is 1. The molecule has 0 aromatic heterocycles. The zero-order chi connectivity index (χ0) is 14.6. The van der Waals surface area contributed by atoms with E-state index in [1.54, 1.807) is 4.90 Å². The molecule has 2 unspecified atom stereocenters. The number of alkyl halides is 3. The van der Waals surface area contributed by atoms with Crippen molar-refractivity contribution in [3.8, 4) is 0 Å². The lowest BCUT2D eigenvalue weighted by Gasteiger charge is -2.24. The highest BCUT2D eigenvalue weighted by Gasteiger charge is 2.39. The van der Waals surface area contributed by atoms with Crippen molar-refractivity contribution < 1.29 is 18.0 Å². The molecule has 112 valence electrons. The molecule has 1 N–H and O–H groups in total. The lowest BCUT2D eigenvalue weighted by molar-refractivity contribution is -0.140. The van der Waals surface area contributed by atoms with Gasteiger partial charge in [0.05, 0.1) is 12.2 Å². The predicted octanol–water partition coefficient (Wildman–Crippen LogP) is 2.91. The van der Waals surface area contributed by atoms with E-state index in [1.165, 1.54) is 0 Å². The molecule has 3 nitrogen and oxygen atoms in total. The Balaban J connectivity index is 2.59. The first kappa shape index (κ1) is 16.3. The molecule has 0 aromatic carbocycles. The maximum Gasteiger partial charge on any atom is 0.389 e. The highest BCUT2D eigenvalue weighted by atomic mass is 19.4. The summed E-state index contributed by atoms with van der Waals surface area (Å²) in [6.07, 6.45) is -3.44. The van der Waals surface area contributed by atoms with Crippen LogP contribution in [0.3, 0.4) is 0 Å². The van der Waals surface area contributed by atoms with Gasteiger partial charge in [-0.1, -0.05) is 27.2 Å². The third-order valence-electron chi connectivity index (χ3n) is 3.39. The molecular weight excluding hydrogens is 257 g/mol. The van der Waals surface area contributed by atoms with Gasteiger partial charge in [-0.3, -0.25) is 10.1 Å². The van der Waals surface area contributed by atoms with Crippen LogP contribution < -0.4 is 5.32 Å². The van der Waals surface area contributed by atoms with Gasteiger partial charge in [-0.15, -0.1) is 0 Å². The fourth-order valence-corrected chi connectivity index (χ4v) is 2.41. The van der Waals surface area contributed by atoms with E-state index in [0.29, 0.717) is 0 Å². The molecule has 6 heteroatoms. The summed E-state index contributed by atoms with van der Waals surface area (Å²) >= 11 is 0. The Labute approximate surface area is 112 Å². The van der Waals surface area contributed by atoms with E-state index in [0.717, 1.165) is 12.8 Å². The highest BCUT2D eigenvalue weighted by molar-refractivity contribution is 5.84. The van der Waals surface area contributed by atoms with Gasteiger partial charge >= 0.3 is 6.18 Å². The summed E-state index contributed by atoms with van der Waals surface area (Å²) in [7, 11) is 0. The number of halogens is 3. The average Bonchev–Trinajstić information content (AvgIpc) is 2.56. The predicted molar refractivity (Wildman–Crippen MR) is 67.5 cm³/mol. The maximum atomic E-state index is 12.2. The van der Waals surface area contributed by atoms with Crippen LogP contribution in [0.5, 0.6) is 0 Å². The molecule has 0 radical (unpaired) electrons. The number of carbonyl (C=O) groups is 1. The second-order valence-corrected chi connectivity index (χ2v) is 5.44. The standard InChI is InChI=1S/C13H23F3N2O/c1-4-6-10-17-11(9(2)3)12(19)18(10)8-5-7-13(14,15)16/h9-11,17H,4-8H2,1-3H3. The van der Waals surface area contributed by atoms with Crippen LogP contribution in [0.4, 0.5) is 13.2 Å². The van der Waals surface area contributed by atoms with Crippen molar-refractivity contribution in [2.24, 2.45) is 5.92 Å². The molecule has 1 saturated heterocycles. The molecular formula is C13H23F3N2O. The summed E-state index contributed by atoms with van der Waals surface area (Å²) in [5, 5.41) is 3.23. The van der Waals surface area contributed by atoms with Crippen molar-refractivity contribution in [2.75, 3.05) is 6.54 Å².